The van der Waals surface area contributed by atoms with E-state index in [4.69, 9.17) is 9.47 Å². The minimum atomic E-state index is -0.762. The molecule has 0 atom stereocenters. The number of aromatic nitrogens is 3. The SMILES string of the molecule is CCOC(=O)c1nnn(N=Cc2cccc(F)c2)c1OCC(=O)c1ccccc1. The van der Waals surface area contributed by atoms with Crippen molar-refractivity contribution in [2.45, 2.75) is 6.92 Å². The number of carbonyl (C=O) groups is 2. The number of nitrogens with zero attached hydrogens (tertiary/aromatic N) is 4. The summed E-state index contributed by atoms with van der Waals surface area (Å²) in [7, 11) is 0. The van der Waals surface area contributed by atoms with Crippen molar-refractivity contribution in [3.05, 3.63) is 77.2 Å². The number of ketones is 1. The number of hydrogen-bond acceptors (Lipinski definition) is 7. The molecule has 1 aromatic heterocycles. The molecule has 0 saturated heterocycles. The van der Waals surface area contributed by atoms with E-state index in [0.29, 0.717) is 11.1 Å². The van der Waals surface area contributed by atoms with Gasteiger partial charge in [0.15, 0.2) is 12.4 Å². The lowest BCUT2D eigenvalue weighted by atomic mass is 10.1. The first-order valence-corrected chi connectivity index (χ1v) is 8.72. The summed E-state index contributed by atoms with van der Waals surface area (Å²) < 4.78 is 23.8. The minimum Gasteiger partial charge on any atom is -0.466 e. The maximum absolute atomic E-state index is 13.3. The normalized spacial score (nSPS) is 10.8. The quantitative estimate of drug-likeness (QED) is 0.330. The van der Waals surface area contributed by atoms with Gasteiger partial charge in [-0.15, -0.1) is 5.10 Å². The molecule has 3 rings (SSSR count). The molecule has 0 radical (unpaired) electrons. The topological polar surface area (TPSA) is 95.7 Å². The molecule has 0 aliphatic heterocycles. The van der Waals surface area contributed by atoms with Crippen LogP contribution in [0.1, 0.15) is 33.3 Å². The summed E-state index contributed by atoms with van der Waals surface area (Å²) in [6, 6.07) is 14.3. The number of benzene rings is 2. The van der Waals surface area contributed by atoms with Crippen molar-refractivity contribution in [2.75, 3.05) is 13.2 Å². The highest BCUT2D eigenvalue weighted by atomic mass is 19.1. The van der Waals surface area contributed by atoms with Crippen molar-refractivity contribution in [1.82, 2.24) is 15.1 Å². The van der Waals surface area contributed by atoms with Crippen LogP contribution in [0.4, 0.5) is 4.39 Å². The fraction of sp³-hybridized carbons (Fsp3) is 0.150. The third-order valence-electron chi connectivity index (χ3n) is 3.68. The molecule has 8 nitrogen and oxygen atoms in total. The molecule has 0 amide bonds. The molecular weight excluding hydrogens is 379 g/mol. The van der Waals surface area contributed by atoms with E-state index >= 15 is 0 Å². The highest BCUT2D eigenvalue weighted by Gasteiger charge is 2.23. The van der Waals surface area contributed by atoms with Crippen LogP contribution in [-0.4, -0.2) is 46.3 Å². The molecule has 0 spiro atoms. The third-order valence-corrected chi connectivity index (χ3v) is 3.68. The molecule has 0 saturated carbocycles. The van der Waals surface area contributed by atoms with Gasteiger partial charge in [-0.1, -0.05) is 47.3 Å². The summed E-state index contributed by atoms with van der Waals surface area (Å²) in [5.41, 5.74) is 0.695. The molecule has 0 aliphatic carbocycles. The van der Waals surface area contributed by atoms with Gasteiger partial charge in [-0.25, -0.2) is 9.18 Å². The molecular formula is C20H17FN4O4. The number of hydrogen-bond donors (Lipinski definition) is 0. The molecule has 0 bridgehead atoms. The highest BCUT2D eigenvalue weighted by Crippen LogP contribution is 2.17. The molecule has 2 aromatic carbocycles. The summed E-state index contributed by atoms with van der Waals surface area (Å²) >= 11 is 0. The second-order valence-electron chi connectivity index (χ2n) is 5.73. The van der Waals surface area contributed by atoms with Gasteiger partial charge in [-0.3, -0.25) is 4.79 Å². The number of ether oxygens (including phenoxy) is 2. The zero-order chi connectivity index (χ0) is 20.6. The predicted molar refractivity (Wildman–Crippen MR) is 102 cm³/mol. The Bertz CT molecular complexity index is 1030. The van der Waals surface area contributed by atoms with Gasteiger partial charge >= 0.3 is 5.97 Å². The van der Waals surface area contributed by atoms with Gasteiger partial charge in [0.2, 0.25) is 5.69 Å². The lowest BCUT2D eigenvalue weighted by Crippen LogP contribution is -2.15. The van der Waals surface area contributed by atoms with E-state index in [9.17, 15) is 14.0 Å². The van der Waals surface area contributed by atoms with Crippen molar-refractivity contribution in [1.29, 1.82) is 0 Å². The van der Waals surface area contributed by atoms with Crippen molar-refractivity contribution in [3.63, 3.8) is 0 Å². The van der Waals surface area contributed by atoms with Crippen LogP contribution < -0.4 is 4.74 Å². The van der Waals surface area contributed by atoms with Crippen molar-refractivity contribution in [2.24, 2.45) is 5.10 Å². The standard InChI is InChI=1S/C20H17FN4O4/c1-2-28-20(27)18-19(29-13-17(26)15-8-4-3-5-9-15)25(24-23-18)22-12-14-7-6-10-16(21)11-14/h3-12H,2,13H2,1H3. The van der Waals surface area contributed by atoms with Gasteiger partial charge < -0.3 is 9.47 Å². The van der Waals surface area contributed by atoms with E-state index in [1.54, 1.807) is 43.3 Å². The fourth-order valence-electron chi connectivity index (χ4n) is 2.34. The van der Waals surface area contributed by atoms with Gasteiger partial charge in [-0.05, 0) is 29.8 Å². The van der Waals surface area contributed by atoms with Gasteiger partial charge in [-0.2, -0.15) is 5.10 Å². The first-order chi connectivity index (χ1) is 14.1. The Balaban J connectivity index is 1.84. The van der Waals surface area contributed by atoms with Crippen LogP contribution in [0.2, 0.25) is 0 Å². The smallest absolute Gasteiger partial charge is 0.364 e. The van der Waals surface area contributed by atoms with Gasteiger partial charge in [0.05, 0.1) is 12.8 Å². The molecule has 3 aromatic rings. The number of Topliss-reactive ketones (excluding diaryl/α,β-unsaturated/α-hetero) is 1. The molecule has 0 unspecified atom stereocenters. The third kappa shape index (κ3) is 5.10. The van der Waals surface area contributed by atoms with Gasteiger partial charge in [0.25, 0.3) is 5.88 Å². The van der Waals surface area contributed by atoms with E-state index in [2.05, 4.69) is 15.4 Å². The maximum Gasteiger partial charge on any atom is 0.364 e. The summed E-state index contributed by atoms with van der Waals surface area (Å²) in [6.45, 7) is 1.41. The number of carbonyl (C=O) groups excluding carboxylic acids is 2. The second-order valence-corrected chi connectivity index (χ2v) is 5.73. The van der Waals surface area contributed by atoms with Crippen LogP contribution in [0.25, 0.3) is 0 Å². The Morgan fingerprint density at radius 1 is 1.17 bits per heavy atom. The first kappa shape index (κ1) is 19.9. The zero-order valence-electron chi connectivity index (χ0n) is 15.5. The molecule has 0 fully saturated rings. The number of esters is 1. The van der Waals surface area contributed by atoms with E-state index in [1.165, 1.54) is 24.4 Å². The van der Waals surface area contributed by atoms with E-state index < -0.39 is 11.8 Å². The lowest BCUT2D eigenvalue weighted by Gasteiger charge is -2.06. The molecule has 1 heterocycles. The van der Waals surface area contributed by atoms with Crippen molar-refractivity contribution >= 4 is 18.0 Å². The Morgan fingerprint density at radius 2 is 1.97 bits per heavy atom. The maximum atomic E-state index is 13.3. The Labute approximate surface area is 165 Å². The Hall–Kier alpha value is -3.88. The van der Waals surface area contributed by atoms with Crippen LogP contribution in [0, 0.1) is 5.82 Å². The number of rotatable bonds is 8. The average Bonchev–Trinajstić information content (AvgIpc) is 3.14. The Kier molecular flexibility index (Phi) is 6.41. The summed E-state index contributed by atoms with van der Waals surface area (Å²) in [5.74, 6) is -1.64. The lowest BCUT2D eigenvalue weighted by molar-refractivity contribution is 0.0512. The minimum absolute atomic E-state index is 0.126. The molecule has 9 heteroatoms. The summed E-state index contributed by atoms with van der Waals surface area (Å²) in [4.78, 5) is 25.4. The van der Waals surface area contributed by atoms with Crippen molar-refractivity contribution < 1.29 is 23.5 Å². The Morgan fingerprint density at radius 3 is 2.69 bits per heavy atom. The molecule has 0 N–H and O–H groups in total. The van der Waals surface area contributed by atoms with Crippen LogP contribution >= 0.6 is 0 Å². The van der Waals surface area contributed by atoms with Crippen LogP contribution in [-0.2, 0) is 4.74 Å². The largest absolute Gasteiger partial charge is 0.466 e. The number of halogens is 1. The highest BCUT2D eigenvalue weighted by molar-refractivity contribution is 5.97. The second kappa shape index (κ2) is 9.36. The molecule has 29 heavy (non-hydrogen) atoms. The van der Waals surface area contributed by atoms with E-state index in [1.807, 2.05) is 0 Å². The van der Waals surface area contributed by atoms with Crippen LogP contribution in [0.15, 0.2) is 59.7 Å². The van der Waals surface area contributed by atoms with E-state index in [-0.39, 0.29) is 30.6 Å². The molecule has 0 aliphatic rings. The summed E-state index contributed by atoms with van der Waals surface area (Å²) in [5, 5.41) is 11.5. The zero-order valence-corrected chi connectivity index (χ0v) is 15.5. The van der Waals surface area contributed by atoms with Crippen LogP contribution in [0.3, 0.4) is 0 Å². The van der Waals surface area contributed by atoms with E-state index in [0.717, 1.165) is 4.79 Å². The molecule has 148 valence electrons. The predicted octanol–water partition coefficient (Wildman–Crippen LogP) is 2.74. The fourth-order valence-corrected chi connectivity index (χ4v) is 2.34. The monoisotopic (exact) mass is 396 g/mol. The summed E-state index contributed by atoms with van der Waals surface area (Å²) in [6.07, 6.45) is 1.32. The van der Waals surface area contributed by atoms with Crippen LogP contribution in [0.5, 0.6) is 5.88 Å². The first-order valence-electron chi connectivity index (χ1n) is 8.72. The van der Waals surface area contributed by atoms with Crippen molar-refractivity contribution in [3.8, 4) is 5.88 Å². The average molecular weight is 396 g/mol. The van der Waals surface area contributed by atoms with Gasteiger partial charge in [0, 0.05) is 5.56 Å². The van der Waals surface area contributed by atoms with Gasteiger partial charge in [0.1, 0.15) is 5.82 Å².